The van der Waals surface area contributed by atoms with Crippen LogP contribution >= 0.6 is 0 Å². The fraction of sp³-hybridized carbons (Fsp3) is 0.253. The fourth-order valence-electron chi connectivity index (χ4n) is 15.0. The number of ether oxygens (including phenoxy) is 1. The summed E-state index contributed by atoms with van der Waals surface area (Å²) in [5.41, 5.74) is 90.1. The van der Waals surface area contributed by atoms with Crippen LogP contribution in [0.2, 0.25) is 0 Å². The molecular weight excluding hydrogens is 1510 g/mol. The number of aromatic carboxylic acids is 1. The molecule has 16 aromatic rings. The van der Waals surface area contributed by atoms with Gasteiger partial charge in [-0.1, -0.05) is 24.3 Å². The number of anilines is 8. The number of aryl methyl sites for hydroxylation is 14. The minimum Gasteiger partial charge on any atom is -0.478 e. The summed E-state index contributed by atoms with van der Waals surface area (Å²) >= 11 is 0. The number of nitrogen functional groups attached to an aromatic ring is 8. The zero-order chi connectivity index (χ0) is 87.3. The zero-order valence-corrected chi connectivity index (χ0v) is 69.7. The van der Waals surface area contributed by atoms with Gasteiger partial charge in [0.15, 0.2) is 0 Å². The number of esters is 1. The number of hydrogen-bond donors (Lipinski definition) is 23. The Balaban J connectivity index is 0.000000155. The lowest BCUT2D eigenvalue weighted by molar-refractivity contribution is 0.0601. The van der Waals surface area contributed by atoms with E-state index in [9.17, 15) is 19.2 Å². The Morgan fingerprint density at radius 2 is 0.655 bits per heavy atom. The van der Waals surface area contributed by atoms with Gasteiger partial charge >= 0.3 is 11.9 Å². The number of amides is 2. The largest absolute Gasteiger partial charge is 0.478 e. The van der Waals surface area contributed by atoms with E-state index in [0.29, 0.717) is 63.3 Å². The van der Waals surface area contributed by atoms with Gasteiger partial charge in [-0.2, -0.15) is 0 Å². The maximum Gasteiger partial charge on any atom is 0.339 e. The van der Waals surface area contributed by atoms with Gasteiger partial charge in [0.1, 0.15) is 0 Å². The van der Waals surface area contributed by atoms with Gasteiger partial charge in [0, 0.05) is 162 Å². The third kappa shape index (κ3) is 19.2. The molecule has 0 saturated carbocycles. The number of carboxylic acid groups (broad SMARTS) is 1. The molecule has 0 saturated heterocycles. The fourth-order valence-corrected chi connectivity index (χ4v) is 15.0. The molecule has 0 spiro atoms. The van der Waals surface area contributed by atoms with Gasteiger partial charge in [0.25, 0.3) is 11.8 Å². The quantitative estimate of drug-likeness (QED) is 0.0355. The molecule has 0 unspecified atom stereocenters. The van der Waals surface area contributed by atoms with Crippen molar-refractivity contribution in [1.82, 2.24) is 39.9 Å². The first-order valence-electron chi connectivity index (χ1n) is 38.8. The molecule has 28 heteroatoms. The molecular formula is C91H112N18O10. The van der Waals surface area contributed by atoms with Crippen molar-refractivity contribution in [2.24, 2.45) is 11.5 Å². The smallest absolute Gasteiger partial charge is 0.339 e. The number of hydrogen-bond acceptors (Lipinski definition) is 17. The second-order valence-corrected chi connectivity index (χ2v) is 29.5. The minimum atomic E-state index is -0.943. The molecule has 119 heavy (non-hydrogen) atoms. The number of fused-ring (bicyclic) bond motifs is 8. The van der Waals surface area contributed by atoms with Gasteiger partial charge in [-0.3, -0.25) is 9.59 Å². The maximum absolute atomic E-state index is 11.6. The second-order valence-electron chi connectivity index (χ2n) is 29.5. The maximum atomic E-state index is 11.6. The number of carbonyl (C=O) groups is 4. The third-order valence-corrected chi connectivity index (χ3v) is 21.7. The van der Waals surface area contributed by atoms with Gasteiger partial charge in [0.2, 0.25) is 0 Å². The number of aromatic nitrogens is 8. The lowest BCUT2D eigenvalue weighted by atomic mass is 10.0. The average molecular weight is 1620 g/mol. The van der Waals surface area contributed by atoms with Crippen molar-refractivity contribution in [2.75, 3.05) is 79.4 Å². The SMILES string of the molecule is COC(=O)c1ccc(N)c2c(C)c(C)[nH]c12.Cc1[nH]c2c(C(=O)O)ccc(N)c2c1C.Cc1[nH]c2c(C(N)=O)ccc(N)c2c1C.Cc1[nH]c2c(C)ccc(N)c2c1CCCO.Cc1[nH]c2c(C)ccc(N)c2c1CCO.Cc1ccc(N)c2c(CCCO)c[nH]c12.Cc1ccc(N)c2c(CCO)c[nH]c12.NC(=O)c1ccc(N)c2cc[nH]c12. The number of rotatable bonds is 14. The molecule has 0 aliphatic rings. The summed E-state index contributed by atoms with van der Waals surface area (Å²) in [6.07, 6.45) is 10.2. The summed E-state index contributed by atoms with van der Waals surface area (Å²) < 4.78 is 4.73. The highest BCUT2D eigenvalue weighted by Crippen LogP contribution is 2.37. The molecule has 0 aliphatic heterocycles. The minimum absolute atomic E-state index is 0.153. The van der Waals surface area contributed by atoms with Crippen molar-refractivity contribution in [2.45, 2.75) is 122 Å². The van der Waals surface area contributed by atoms with Crippen LogP contribution in [0.3, 0.4) is 0 Å². The standard InChI is InChI=1S/C13H18N2O.C12H14N2O2.2C12H16N2O.C11H13N3O.C11H12N2O2.C11H14N2O.C9H9N3O/c1-8-5-6-11(14)12-10(4-3-7-16)9(2)15-13(8)12;1-6-7(2)14-11-8(12(15)16-3)4-5-9(13)10(6)11;1-7-3-4-10(13)11-9(5-6-15)8(2)14-12(7)11;1-8-4-5-10(13)11-9(3-2-6-15)7-14-12(8)11;1-5-6(2)14-10-7(11(13)15)3-4-8(12)9(5)10;1-5-6(2)13-10-7(11(14)15)3-4-8(12)9(5)10;1-7-2-3-9(12)10-8(4-5-14)6-13-11(7)10;10-7-2-1-6(9(11)13)8-5(7)3-4-12-8/h5-6,15-16H,3-4,7,14H2,1-2H3;4-5,14H,13H2,1-3H3;3-4,14-15H,5-6,13H2,1-2H3;4-5,7,14-15H,2-3,6,13H2,1H3;3-4,14H,12H2,1-2H3,(H2,13,15);3-4,13H,12H2,1-2H3,(H,14,15);2-3,6,13-14H,4-5,12H2,1H3;1-4,12H,10H2,(H2,11,13). The molecule has 2 amide bonds. The average Bonchev–Trinajstić information content (AvgIpc) is 1.64. The molecule has 0 aliphatic carbocycles. The number of methoxy groups -OCH3 is 1. The molecule has 16 rings (SSSR count). The molecule has 0 atom stereocenters. The zero-order valence-electron chi connectivity index (χ0n) is 69.7. The molecule has 0 fully saturated rings. The Hall–Kier alpha value is -13.8. The summed E-state index contributed by atoms with van der Waals surface area (Å²) in [6, 6.07) is 30.8. The van der Waals surface area contributed by atoms with Crippen LogP contribution in [0.4, 0.5) is 45.5 Å². The van der Waals surface area contributed by atoms with Crippen LogP contribution in [0.25, 0.3) is 87.2 Å². The summed E-state index contributed by atoms with van der Waals surface area (Å²) in [6.45, 7) is 24.7. The first-order chi connectivity index (χ1) is 56.6. The van der Waals surface area contributed by atoms with E-state index >= 15 is 0 Å². The Kier molecular flexibility index (Phi) is 29.0. The molecule has 0 bridgehead atoms. The predicted octanol–water partition coefficient (Wildman–Crippen LogP) is 14.3. The Morgan fingerprint density at radius 1 is 0.328 bits per heavy atom. The van der Waals surface area contributed by atoms with Crippen LogP contribution in [-0.4, -0.2) is 123 Å². The van der Waals surface area contributed by atoms with Crippen molar-refractivity contribution >= 4 is 156 Å². The first-order valence-corrected chi connectivity index (χ1v) is 38.8. The van der Waals surface area contributed by atoms with Crippen molar-refractivity contribution in [3.8, 4) is 0 Å². The van der Waals surface area contributed by atoms with Crippen molar-refractivity contribution < 1.29 is 49.4 Å². The van der Waals surface area contributed by atoms with Crippen LogP contribution in [0.1, 0.15) is 144 Å². The summed E-state index contributed by atoms with van der Waals surface area (Å²) in [7, 11) is 1.37. The van der Waals surface area contributed by atoms with Crippen molar-refractivity contribution in [1.29, 1.82) is 0 Å². The van der Waals surface area contributed by atoms with E-state index in [2.05, 4.69) is 67.6 Å². The van der Waals surface area contributed by atoms with Gasteiger partial charge in [-0.25, -0.2) is 9.59 Å². The number of nitrogens with one attached hydrogen (secondary N) is 8. The van der Waals surface area contributed by atoms with E-state index in [1.807, 2.05) is 122 Å². The monoisotopic (exact) mass is 1620 g/mol. The van der Waals surface area contributed by atoms with Crippen LogP contribution in [0, 0.1) is 83.1 Å². The number of aliphatic hydroxyl groups is 4. The predicted molar refractivity (Wildman–Crippen MR) is 486 cm³/mol. The highest BCUT2D eigenvalue weighted by Gasteiger charge is 2.21. The van der Waals surface area contributed by atoms with Crippen LogP contribution in [-0.2, 0) is 30.4 Å². The molecule has 28 nitrogen and oxygen atoms in total. The number of aliphatic hydroxyl groups excluding tert-OH is 4. The molecule has 0 radical (unpaired) electrons. The molecule has 8 aromatic heterocycles. The highest BCUT2D eigenvalue weighted by molar-refractivity contribution is 6.12. The van der Waals surface area contributed by atoms with E-state index in [1.54, 1.807) is 48.7 Å². The number of nitrogens with two attached hydrogens (primary N) is 10. The van der Waals surface area contributed by atoms with E-state index in [4.69, 9.17) is 87.6 Å². The van der Waals surface area contributed by atoms with E-state index in [-0.39, 0.29) is 38.0 Å². The number of aromatic amines is 8. The topological polar surface area (TPSA) is 565 Å². The van der Waals surface area contributed by atoms with Crippen LogP contribution < -0.4 is 57.3 Å². The Morgan fingerprint density at radius 3 is 1.06 bits per heavy atom. The Bertz CT molecular complexity index is 6290. The lowest BCUT2D eigenvalue weighted by Gasteiger charge is -2.03. The number of carboxylic acids is 1. The summed E-state index contributed by atoms with van der Waals surface area (Å²) in [5.74, 6) is -2.19. The highest BCUT2D eigenvalue weighted by atomic mass is 16.5. The van der Waals surface area contributed by atoms with Crippen molar-refractivity contribution in [3.63, 3.8) is 0 Å². The number of primary amides is 2. The molecule has 8 heterocycles. The number of H-pyrrole nitrogens is 8. The summed E-state index contributed by atoms with van der Waals surface area (Å²) in [4.78, 5) is 70.2. The third-order valence-electron chi connectivity index (χ3n) is 21.7. The summed E-state index contributed by atoms with van der Waals surface area (Å²) in [5, 5.41) is 52.5. The van der Waals surface area contributed by atoms with Crippen LogP contribution in [0.15, 0.2) is 122 Å². The van der Waals surface area contributed by atoms with Gasteiger partial charge in [-0.05, 0) is 262 Å². The van der Waals surface area contributed by atoms with E-state index < -0.39 is 17.8 Å². The molecule has 626 valence electrons. The van der Waals surface area contributed by atoms with Gasteiger partial charge in [0.05, 0.1) is 73.5 Å². The van der Waals surface area contributed by atoms with E-state index in [0.717, 1.165) is 181 Å². The van der Waals surface area contributed by atoms with Crippen molar-refractivity contribution in [3.05, 3.63) is 234 Å². The lowest BCUT2D eigenvalue weighted by Crippen LogP contribution is -2.11. The number of carbonyl (C=O) groups excluding carboxylic acids is 3. The normalized spacial score (nSPS) is 10.9. The number of benzene rings is 8. The van der Waals surface area contributed by atoms with Gasteiger partial charge in [-0.15, -0.1) is 0 Å². The second kappa shape index (κ2) is 38.8. The molecule has 8 aromatic carbocycles. The van der Waals surface area contributed by atoms with Gasteiger partial charge < -0.3 is 127 Å². The van der Waals surface area contributed by atoms with Crippen LogP contribution in [0.5, 0.6) is 0 Å². The first kappa shape index (κ1) is 89.1. The van der Waals surface area contributed by atoms with E-state index in [1.165, 1.54) is 46.6 Å². The molecule has 33 N–H and O–H groups in total. The Labute approximate surface area is 688 Å².